The highest BCUT2D eigenvalue weighted by Gasteiger charge is 2.28. The molecule has 2 heterocycles. The van der Waals surface area contributed by atoms with Gasteiger partial charge in [-0.05, 0) is 61.9 Å². The van der Waals surface area contributed by atoms with E-state index in [0.717, 1.165) is 17.1 Å². The first kappa shape index (κ1) is 21.0. The van der Waals surface area contributed by atoms with Gasteiger partial charge in [-0.25, -0.2) is 9.18 Å². The van der Waals surface area contributed by atoms with Crippen LogP contribution in [0.5, 0.6) is 5.75 Å². The summed E-state index contributed by atoms with van der Waals surface area (Å²) in [5.41, 5.74) is 3.58. The molecule has 1 aromatic heterocycles. The zero-order valence-electron chi connectivity index (χ0n) is 17.4. The molecular formula is C24H20FN3O4. The third kappa shape index (κ3) is 4.15. The summed E-state index contributed by atoms with van der Waals surface area (Å²) in [5.74, 6) is -1.18. The lowest BCUT2D eigenvalue weighted by atomic mass is 10.1. The van der Waals surface area contributed by atoms with E-state index in [1.807, 2.05) is 36.6 Å². The van der Waals surface area contributed by atoms with Crippen LogP contribution in [-0.2, 0) is 16.2 Å². The second kappa shape index (κ2) is 8.50. The van der Waals surface area contributed by atoms with Crippen LogP contribution >= 0.6 is 0 Å². The van der Waals surface area contributed by atoms with Crippen molar-refractivity contribution in [1.29, 1.82) is 0 Å². The Morgan fingerprint density at radius 2 is 1.62 bits per heavy atom. The molecule has 0 saturated carbocycles. The third-order valence-electron chi connectivity index (χ3n) is 5.16. The zero-order valence-corrected chi connectivity index (χ0v) is 17.4. The number of nitrogens with zero attached hydrogens (tertiary/aromatic N) is 1. The number of nitrogens with one attached hydrogen (secondary N) is 2. The minimum atomic E-state index is -0.833. The molecule has 8 heteroatoms. The van der Waals surface area contributed by atoms with Gasteiger partial charge in [0.2, 0.25) is 0 Å². The normalized spacial score (nSPS) is 13.6. The molecule has 2 aromatic carbocycles. The van der Waals surface area contributed by atoms with Crippen molar-refractivity contribution in [2.75, 3.05) is 0 Å². The second-order valence-corrected chi connectivity index (χ2v) is 7.33. The second-order valence-electron chi connectivity index (χ2n) is 7.33. The van der Waals surface area contributed by atoms with Gasteiger partial charge in [-0.3, -0.25) is 20.2 Å². The molecule has 0 atom stereocenters. The SMILES string of the molecule is Cc1cc(C=C2C(=O)NC(=O)NC2=O)c(C)n1-c1ccc(OCc2ccccc2F)cc1. The molecule has 0 spiro atoms. The van der Waals surface area contributed by atoms with Gasteiger partial charge in [-0.1, -0.05) is 18.2 Å². The number of imide groups is 2. The van der Waals surface area contributed by atoms with Crippen molar-refractivity contribution < 1.29 is 23.5 Å². The van der Waals surface area contributed by atoms with Crippen molar-refractivity contribution in [1.82, 2.24) is 15.2 Å². The van der Waals surface area contributed by atoms with Crippen LogP contribution in [-0.4, -0.2) is 22.4 Å². The van der Waals surface area contributed by atoms with Gasteiger partial charge in [0.05, 0.1) is 0 Å². The fourth-order valence-electron chi connectivity index (χ4n) is 3.56. The highest BCUT2D eigenvalue weighted by Crippen LogP contribution is 2.25. The third-order valence-corrected chi connectivity index (χ3v) is 5.16. The summed E-state index contributed by atoms with van der Waals surface area (Å²) in [6, 6.07) is 14.8. The maximum atomic E-state index is 13.8. The van der Waals surface area contributed by atoms with Gasteiger partial charge in [0.1, 0.15) is 23.7 Å². The molecule has 1 aliphatic heterocycles. The lowest BCUT2D eigenvalue weighted by molar-refractivity contribution is -0.123. The van der Waals surface area contributed by atoms with E-state index in [-0.39, 0.29) is 18.0 Å². The summed E-state index contributed by atoms with van der Waals surface area (Å²) >= 11 is 0. The Morgan fingerprint density at radius 3 is 2.28 bits per heavy atom. The number of hydrogen-bond donors (Lipinski definition) is 2. The first-order valence-electron chi connectivity index (χ1n) is 9.87. The summed E-state index contributed by atoms with van der Waals surface area (Å²) in [6.07, 6.45) is 1.46. The van der Waals surface area contributed by atoms with Crippen molar-refractivity contribution in [3.63, 3.8) is 0 Å². The molecule has 0 unspecified atom stereocenters. The fourth-order valence-corrected chi connectivity index (χ4v) is 3.56. The predicted molar refractivity (Wildman–Crippen MR) is 116 cm³/mol. The molecule has 3 aromatic rings. The number of amides is 4. The Labute approximate surface area is 183 Å². The molecule has 0 radical (unpaired) electrons. The maximum absolute atomic E-state index is 13.8. The maximum Gasteiger partial charge on any atom is 0.328 e. The number of aryl methyl sites for hydroxylation is 1. The van der Waals surface area contributed by atoms with Crippen molar-refractivity contribution >= 4 is 23.9 Å². The summed E-state index contributed by atoms with van der Waals surface area (Å²) in [5, 5.41) is 4.13. The van der Waals surface area contributed by atoms with E-state index < -0.39 is 17.8 Å². The Hall–Kier alpha value is -4.20. The van der Waals surface area contributed by atoms with Gasteiger partial charge >= 0.3 is 6.03 Å². The molecule has 1 aliphatic rings. The Bertz CT molecular complexity index is 1240. The van der Waals surface area contributed by atoms with Crippen LogP contribution in [0.2, 0.25) is 0 Å². The van der Waals surface area contributed by atoms with Gasteiger partial charge in [0.25, 0.3) is 11.8 Å². The van der Waals surface area contributed by atoms with E-state index in [0.29, 0.717) is 16.9 Å². The number of aromatic nitrogens is 1. The average Bonchev–Trinajstić information content (AvgIpc) is 3.03. The number of urea groups is 1. The van der Waals surface area contributed by atoms with E-state index in [1.54, 1.807) is 30.3 Å². The number of carbonyl (C=O) groups is 3. The molecular weight excluding hydrogens is 413 g/mol. The number of hydrogen-bond acceptors (Lipinski definition) is 4. The Balaban J connectivity index is 1.56. The highest BCUT2D eigenvalue weighted by molar-refractivity contribution is 6.31. The van der Waals surface area contributed by atoms with Crippen molar-refractivity contribution in [2.45, 2.75) is 20.5 Å². The van der Waals surface area contributed by atoms with Crippen LogP contribution < -0.4 is 15.4 Å². The Kier molecular flexibility index (Phi) is 5.59. The molecule has 1 fully saturated rings. The molecule has 4 rings (SSSR count). The standard InChI is InChI=1S/C24H20FN3O4/c1-14-11-17(12-20-22(29)26-24(31)27-23(20)30)15(2)28(14)18-7-9-19(10-8-18)32-13-16-5-3-4-6-21(16)25/h3-12H,13H2,1-2H3,(H2,26,27,29,30,31). The van der Waals surface area contributed by atoms with Gasteiger partial charge in [-0.2, -0.15) is 0 Å². The van der Waals surface area contributed by atoms with Crippen molar-refractivity contribution in [3.8, 4) is 11.4 Å². The number of rotatable bonds is 5. The molecule has 0 aliphatic carbocycles. The van der Waals surface area contributed by atoms with E-state index in [1.165, 1.54) is 12.1 Å². The molecule has 2 N–H and O–H groups in total. The van der Waals surface area contributed by atoms with Gasteiger partial charge in [0.15, 0.2) is 0 Å². The van der Waals surface area contributed by atoms with Crippen LogP contribution in [0.1, 0.15) is 22.5 Å². The minimum absolute atomic E-state index is 0.123. The van der Waals surface area contributed by atoms with Gasteiger partial charge in [-0.15, -0.1) is 0 Å². The zero-order chi connectivity index (χ0) is 22.8. The van der Waals surface area contributed by atoms with Crippen LogP contribution in [0.25, 0.3) is 11.8 Å². The smallest absolute Gasteiger partial charge is 0.328 e. The molecule has 4 amide bonds. The quantitative estimate of drug-likeness (QED) is 0.476. The highest BCUT2D eigenvalue weighted by atomic mass is 19.1. The first-order valence-corrected chi connectivity index (χ1v) is 9.87. The van der Waals surface area contributed by atoms with Crippen molar-refractivity contribution in [3.05, 3.63) is 88.5 Å². The fraction of sp³-hybridized carbons (Fsp3) is 0.125. The van der Waals surface area contributed by atoms with E-state index >= 15 is 0 Å². The van der Waals surface area contributed by atoms with Gasteiger partial charge < -0.3 is 9.30 Å². The number of carbonyl (C=O) groups excluding carboxylic acids is 3. The number of barbiturate groups is 1. The molecule has 1 saturated heterocycles. The van der Waals surface area contributed by atoms with E-state index in [2.05, 4.69) is 10.6 Å². The molecule has 162 valence electrons. The van der Waals surface area contributed by atoms with Crippen LogP contribution in [0.3, 0.4) is 0 Å². The summed E-state index contributed by atoms with van der Waals surface area (Å²) < 4.78 is 21.4. The molecule has 32 heavy (non-hydrogen) atoms. The lowest BCUT2D eigenvalue weighted by Crippen LogP contribution is -2.51. The van der Waals surface area contributed by atoms with Crippen LogP contribution in [0.15, 0.2) is 60.2 Å². The number of ether oxygens (including phenoxy) is 1. The molecule has 0 bridgehead atoms. The first-order chi connectivity index (χ1) is 15.3. The number of benzene rings is 2. The van der Waals surface area contributed by atoms with Crippen molar-refractivity contribution in [2.24, 2.45) is 0 Å². The van der Waals surface area contributed by atoms with Crippen LogP contribution in [0.4, 0.5) is 9.18 Å². The van der Waals surface area contributed by atoms with E-state index in [9.17, 15) is 18.8 Å². The monoisotopic (exact) mass is 433 g/mol. The summed E-state index contributed by atoms with van der Waals surface area (Å²) in [7, 11) is 0. The average molecular weight is 433 g/mol. The van der Waals surface area contributed by atoms with Crippen LogP contribution in [0, 0.1) is 19.7 Å². The summed E-state index contributed by atoms with van der Waals surface area (Å²) in [6.45, 7) is 3.89. The topological polar surface area (TPSA) is 89.4 Å². The largest absolute Gasteiger partial charge is 0.489 e. The Morgan fingerprint density at radius 1 is 0.969 bits per heavy atom. The predicted octanol–water partition coefficient (Wildman–Crippen LogP) is 3.56. The number of halogens is 1. The summed E-state index contributed by atoms with van der Waals surface area (Å²) in [4.78, 5) is 35.3. The minimum Gasteiger partial charge on any atom is -0.489 e. The lowest BCUT2D eigenvalue weighted by Gasteiger charge is -2.14. The van der Waals surface area contributed by atoms with E-state index in [4.69, 9.17) is 4.74 Å². The van der Waals surface area contributed by atoms with Gasteiger partial charge in [0, 0.05) is 22.6 Å². The molecule has 7 nitrogen and oxygen atoms in total.